The molecule has 3 aliphatic rings. The van der Waals surface area contributed by atoms with Crippen molar-refractivity contribution < 1.29 is 19.0 Å². The molecule has 1 saturated carbocycles. The maximum absolute atomic E-state index is 14.6. The van der Waals surface area contributed by atoms with Gasteiger partial charge in [-0.3, -0.25) is 4.98 Å². The zero-order chi connectivity index (χ0) is 19.9. The van der Waals surface area contributed by atoms with E-state index in [2.05, 4.69) is 15.3 Å². The van der Waals surface area contributed by atoms with Crippen LogP contribution >= 0.6 is 0 Å². The number of nitrogens with zero attached hydrogens (tertiary/aromatic N) is 3. The van der Waals surface area contributed by atoms with Gasteiger partial charge in [-0.25, -0.2) is 14.2 Å². The van der Waals surface area contributed by atoms with E-state index >= 15 is 0 Å². The Hall–Kier alpha value is -2.48. The average Bonchev–Trinajstić information content (AvgIpc) is 2.67. The van der Waals surface area contributed by atoms with Crippen molar-refractivity contribution in [3.05, 3.63) is 29.7 Å². The van der Waals surface area contributed by atoms with Gasteiger partial charge in [0.15, 0.2) is 0 Å². The summed E-state index contributed by atoms with van der Waals surface area (Å²) in [6.07, 6.45) is 4.49. The van der Waals surface area contributed by atoms with Crippen molar-refractivity contribution in [2.75, 3.05) is 25.6 Å². The molecule has 2 aliphatic heterocycles. The second-order valence-electron chi connectivity index (χ2n) is 8.20. The molecule has 1 amide bonds. The highest BCUT2D eigenvalue weighted by molar-refractivity contribution is 5.79. The van der Waals surface area contributed by atoms with E-state index in [0.717, 1.165) is 31.5 Å². The number of aryl methyl sites for hydroxylation is 1. The average molecular weight is 388 g/mol. The Balaban J connectivity index is 1.54. The summed E-state index contributed by atoms with van der Waals surface area (Å²) >= 11 is 0. The van der Waals surface area contributed by atoms with Gasteiger partial charge in [-0.1, -0.05) is 0 Å². The Labute approximate surface area is 162 Å². The van der Waals surface area contributed by atoms with Crippen LogP contribution in [0.2, 0.25) is 0 Å². The van der Waals surface area contributed by atoms with E-state index in [1.54, 1.807) is 0 Å². The highest BCUT2D eigenvalue weighted by Gasteiger charge is 2.50. The number of anilines is 1. The Morgan fingerprint density at radius 1 is 1.32 bits per heavy atom. The number of halogens is 1. The van der Waals surface area contributed by atoms with Crippen LogP contribution in [-0.2, 0) is 11.2 Å². The van der Waals surface area contributed by atoms with Gasteiger partial charge in [0.25, 0.3) is 0 Å². The monoisotopic (exact) mass is 388 g/mol. The number of fused-ring (bicyclic) bond motifs is 4. The highest BCUT2D eigenvalue weighted by Crippen LogP contribution is 2.46. The molecule has 0 radical (unpaired) electrons. The highest BCUT2D eigenvalue weighted by atomic mass is 19.1. The summed E-state index contributed by atoms with van der Waals surface area (Å²) in [6, 6.07) is 3.73. The van der Waals surface area contributed by atoms with Crippen LogP contribution in [0.1, 0.15) is 37.7 Å². The zero-order valence-corrected chi connectivity index (χ0v) is 16.2. The molecular weight excluding hydrogens is 363 g/mol. The van der Waals surface area contributed by atoms with Crippen LogP contribution in [0, 0.1) is 5.82 Å². The number of nitrogens with one attached hydrogen (secondary N) is 1. The maximum Gasteiger partial charge on any atom is 0.405 e. The molecule has 0 unspecified atom stereocenters. The van der Waals surface area contributed by atoms with E-state index in [-0.39, 0.29) is 11.4 Å². The predicted molar refractivity (Wildman–Crippen MR) is 103 cm³/mol. The molecule has 28 heavy (non-hydrogen) atoms. The van der Waals surface area contributed by atoms with Crippen molar-refractivity contribution in [3.63, 3.8) is 0 Å². The van der Waals surface area contributed by atoms with Crippen LogP contribution in [-0.4, -0.2) is 53.0 Å². The summed E-state index contributed by atoms with van der Waals surface area (Å²) in [7, 11) is 3.80. The van der Waals surface area contributed by atoms with Gasteiger partial charge < -0.3 is 20.1 Å². The Kier molecular flexibility index (Phi) is 4.61. The van der Waals surface area contributed by atoms with Gasteiger partial charge in [-0.15, -0.1) is 0 Å². The number of carbonyl (C=O) groups is 1. The summed E-state index contributed by atoms with van der Waals surface area (Å²) in [5.74, 6) is 0.413. The van der Waals surface area contributed by atoms with Crippen LogP contribution in [0.4, 0.5) is 15.0 Å². The van der Waals surface area contributed by atoms with E-state index in [1.165, 1.54) is 6.20 Å². The molecule has 0 aromatic carbocycles. The van der Waals surface area contributed by atoms with E-state index in [9.17, 15) is 9.18 Å². The summed E-state index contributed by atoms with van der Waals surface area (Å²) in [5, 5.41) is 11.7. The molecule has 8 heteroatoms. The minimum Gasteiger partial charge on any atom is -0.465 e. The summed E-state index contributed by atoms with van der Waals surface area (Å²) in [4.78, 5) is 21.7. The number of pyridine rings is 2. The van der Waals surface area contributed by atoms with Crippen LogP contribution in [0.25, 0.3) is 11.0 Å². The van der Waals surface area contributed by atoms with Crippen LogP contribution in [0.5, 0.6) is 0 Å². The van der Waals surface area contributed by atoms with Gasteiger partial charge in [0.05, 0.1) is 35.0 Å². The minimum atomic E-state index is -1.01. The molecule has 2 bridgehead atoms. The van der Waals surface area contributed by atoms with E-state index in [1.807, 2.05) is 31.1 Å². The molecule has 5 rings (SSSR count). The lowest BCUT2D eigenvalue weighted by atomic mass is 9.69. The van der Waals surface area contributed by atoms with E-state index in [0.29, 0.717) is 36.0 Å². The van der Waals surface area contributed by atoms with Gasteiger partial charge >= 0.3 is 6.09 Å². The molecule has 150 valence electrons. The number of hydrogen-bond acceptors (Lipinski definition) is 5. The van der Waals surface area contributed by atoms with Crippen molar-refractivity contribution in [2.45, 2.75) is 49.7 Å². The fourth-order valence-electron chi connectivity index (χ4n) is 4.40. The van der Waals surface area contributed by atoms with E-state index < -0.39 is 11.6 Å². The van der Waals surface area contributed by atoms with Crippen LogP contribution in [0.3, 0.4) is 0 Å². The third-order valence-corrected chi connectivity index (χ3v) is 6.18. The smallest absolute Gasteiger partial charge is 0.405 e. The largest absolute Gasteiger partial charge is 0.465 e. The van der Waals surface area contributed by atoms with Gasteiger partial charge in [-0.05, 0) is 50.7 Å². The second kappa shape index (κ2) is 6.84. The number of hydrogen-bond donors (Lipinski definition) is 2. The fourth-order valence-corrected chi connectivity index (χ4v) is 4.40. The number of rotatable bonds is 5. The number of aromatic nitrogens is 2. The molecule has 1 aliphatic carbocycles. The Bertz CT molecular complexity index is 893. The maximum atomic E-state index is 14.6. The summed E-state index contributed by atoms with van der Waals surface area (Å²) < 4.78 is 20.7. The third-order valence-electron chi connectivity index (χ3n) is 6.18. The molecule has 2 aromatic heterocycles. The lowest BCUT2D eigenvalue weighted by Gasteiger charge is -2.53. The number of amides is 1. The minimum absolute atomic E-state index is 0.316. The SMILES string of the molecule is CN(C)c1ccc2ncc(F)c(CCC34CCC(NC(=O)O)(CC3)CO4)c2n1. The molecule has 4 heterocycles. The van der Waals surface area contributed by atoms with Crippen molar-refractivity contribution in [1.82, 2.24) is 15.3 Å². The first-order chi connectivity index (χ1) is 13.3. The van der Waals surface area contributed by atoms with Crippen molar-refractivity contribution in [2.24, 2.45) is 0 Å². The first-order valence-electron chi connectivity index (χ1n) is 9.58. The third kappa shape index (κ3) is 3.37. The van der Waals surface area contributed by atoms with Crippen LogP contribution in [0.15, 0.2) is 18.3 Å². The molecule has 0 atom stereocenters. The molecular formula is C20H25FN4O3. The molecule has 2 aromatic rings. The zero-order valence-electron chi connectivity index (χ0n) is 16.2. The Morgan fingerprint density at radius 3 is 2.68 bits per heavy atom. The summed E-state index contributed by atoms with van der Waals surface area (Å²) in [6.45, 7) is 0.377. The van der Waals surface area contributed by atoms with Gasteiger partial charge in [-0.2, -0.15) is 0 Å². The predicted octanol–water partition coefficient (Wildman–Crippen LogP) is 3.12. The molecule has 7 nitrogen and oxygen atoms in total. The molecule has 3 fully saturated rings. The first-order valence-corrected chi connectivity index (χ1v) is 9.58. The standard InChI is InChI=1S/C20H25FN4O3/c1-25(2)16-4-3-15-17(23-16)13(14(21)11-22-15)5-6-20-9-7-19(8-10-20,12-28-20)24-18(26)27/h3-4,11,24H,5-10,12H2,1-2H3,(H,26,27). The fraction of sp³-hybridized carbons (Fsp3) is 0.550. The normalized spacial score (nSPS) is 26.4. The molecule has 2 saturated heterocycles. The number of ether oxygens (including phenoxy) is 1. The molecule has 0 spiro atoms. The Morgan fingerprint density at radius 2 is 2.07 bits per heavy atom. The van der Waals surface area contributed by atoms with Crippen molar-refractivity contribution >= 4 is 22.9 Å². The van der Waals surface area contributed by atoms with Gasteiger partial charge in [0, 0.05) is 19.7 Å². The lowest BCUT2D eigenvalue weighted by Crippen LogP contribution is -2.62. The van der Waals surface area contributed by atoms with Crippen molar-refractivity contribution in [3.8, 4) is 0 Å². The van der Waals surface area contributed by atoms with Gasteiger partial charge in [0.2, 0.25) is 0 Å². The van der Waals surface area contributed by atoms with E-state index in [4.69, 9.17) is 9.84 Å². The quantitative estimate of drug-likeness (QED) is 0.818. The van der Waals surface area contributed by atoms with Crippen LogP contribution < -0.4 is 10.2 Å². The summed E-state index contributed by atoms with van der Waals surface area (Å²) in [5.41, 5.74) is 1.05. The lowest BCUT2D eigenvalue weighted by molar-refractivity contribution is -0.162. The number of carboxylic acid groups (broad SMARTS) is 1. The van der Waals surface area contributed by atoms with Crippen molar-refractivity contribution in [1.29, 1.82) is 0 Å². The molecule has 2 N–H and O–H groups in total. The van der Waals surface area contributed by atoms with Gasteiger partial charge in [0.1, 0.15) is 11.6 Å². The topological polar surface area (TPSA) is 87.6 Å². The first kappa shape index (κ1) is 18.9. The second-order valence-corrected chi connectivity index (χ2v) is 8.20.